The number of thiophene rings is 1. The second-order valence-electron chi connectivity index (χ2n) is 2.59. The Balaban J connectivity index is 2.91. The molecule has 0 aliphatic rings. The fraction of sp³-hybridized carbons (Fsp3) is 0. The van der Waals surface area contributed by atoms with E-state index in [-0.39, 0.29) is 0 Å². The third-order valence-corrected chi connectivity index (χ3v) is 3.02. The molecule has 1 aromatic heterocycles. The molecule has 0 radical (unpaired) electrons. The molecule has 13 heavy (non-hydrogen) atoms. The number of nitrogens with two attached hydrogens (primary N) is 1. The first kappa shape index (κ1) is 8.36. The summed E-state index contributed by atoms with van der Waals surface area (Å²) in [4.78, 5) is 0. The van der Waals surface area contributed by atoms with Gasteiger partial charge in [0, 0.05) is 15.1 Å². The summed E-state index contributed by atoms with van der Waals surface area (Å²) >= 11 is 7.22. The Morgan fingerprint density at radius 1 is 1.46 bits per heavy atom. The van der Waals surface area contributed by atoms with Gasteiger partial charge < -0.3 is 5.73 Å². The molecule has 0 spiro atoms. The van der Waals surface area contributed by atoms with Gasteiger partial charge in [-0.05, 0) is 18.2 Å². The average Bonchev–Trinajstić information content (AvgIpc) is 2.40. The molecule has 2 rings (SSSR count). The Kier molecular flexibility index (Phi) is 1.87. The number of hydrogen-bond donors (Lipinski definition) is 1. The normalized spacial score (nSPS) is 10.2. The molecule has 64 valence electrons. The van der Waals surface area contributed by atoms with Crippen LogP contribution < -0.4 is 5.73 Å². The van der Waals surface area contributed by atoms with Gasteiger partial charge in [0.2, 0.25) is 0 Å². The minimum atomic E-state index is 0.530. The first-order chi connectivity index (χ1) is 6.22. The monoisotopic (exact) mass is 208 g/mol. The molecule has 1 heterocycles. The molecule has 4 heteroatoms. The summed E-state index contributed by atoms with van der Waals surface area (Å²) in [5.74, 6) is 0. The largest absolute Gasteiger partial charge is 0.389 e. The average molecular weight is 209 g/mol. The third-order valence-electron chi connectivity index (χ3n) is 1.79. The molecule has 2 N–H and O–H groups in total. The van der Waals surface area contributed by atoms with Crippen molar-refractivity contribution in [3.05, 3.63) is 28.8 Å². The van der Waals surface area contributed by atoms with E-state index in [1.54, 1.807) is 12.1 Å². The standard InChI is InChI=1S/C9H5ClN2S/c10-5-1-2-8-6(3-5)7(4-11)9(12)13-8/h1-3H,12H2. The van der Waals surface area contributed by atoms with Crippen LogP contribution in [0.1, 0.15) is 5.56 Å². The van der Waals surface area contributed by atoms with Crippen LogP contribution in [0.4, 0.5) is 5.00 Å². The van der Waals surface area contributed by atoms with Crippen molar-refractivity contribution < 1.29 is 0 Å². The Hall–Kier alpha value is -1.24. The fourth-order valence-electron chi connectivity index (χ4n) is 1.20. The molecule has 0 unspecified atom stereocenters. The lowest BCUT2D eigenvalue weighted by molar-refractivity contribution is 1.52. The molecular formula is C9H5ClN2S. The van der Waals surface area contributed by atoms with E-state index in [0.29, 0.717) is 15.6 Å². The number of anilines is 1. The Bertz CT molecular complexity index is 510. The van der Waals surface area contributed by atoms with Gasteiger partial charge in [-0.25, -0.2) is 0 Å². The van der Waals surface area contributed by atoms with Gasteiger partial charge in [0.25, 0.3) is 0 Å². The number of fused-ring (bicyclic) bond motifs is 1. The topological polar surface area (TPSA) is 49.8 Å². The number of benzene rings is 1. The van der Waals surface area contributed by atoms with E-state index in [1.165, 1.54) is 11.3 Å². The van der Waals surface area contributed by atoms with Crippen LogP contribution in [0.15, 0.2) is 18.2 Å². The van der Waals surface area contributed by atoms with Crippen molar-refractivity contribution in [3.8, 4) is 6.07 Å². The highest BCUT2D eigenvalue weighted by molar-refractivity contribution is 7.23. The minimum absolute atomic E-state index is 0.530. The van der Waals surface area contributed by atoms with E-state index in [1.807, 2.05) is 6.07 Å². The van der Waals surface area contributed by atoms with Crippen LogP contribution in [0, 0.1) is 11.3 Å². The molecule has 2 nitrogen and oxygen atoms in total. The van der Waals surface area contributed by atoms with Gasteiger partial charge in [0.1, 0.15) is 11.1 Å². The summed E-state index contributed by atoms with van der Waals surface area (Å²) in [6.45, 7) is 0. The molecule has 0 saturated carbocycles. The second kappa shape index (κ2) is 2.91. The number of nitrogen functional groups attached to an aromatic ring is 1. The van der Waals surface area contributed by atoms with Gasteiger partial charge in [0.05, 0.1) is 5.56 Å². The summed E-state index contributed by atoms with van der Waals surface area (Å²) in [5.41, 5.74) is 6.20. The predicted molar refractivity (Wildman–Crippen MR) is 56.0 cm³/mol. The van der Waals surface area contributed by atoms with Crippen LogP contribution in [0.25, 0.3) is 10.1 Å². The predicted octanol–water partition coefficient (Wildman–Crippen LogP) is 3.01. The van der Waals surface area contributed by atoms with Gasteiger partial charge >= 0.3 is 0 Å². The smallest absolute Gasteiger partial charge is 0.105 e. The minimum Gasteiger partial charge on any atom is -0.389 e. The van der Waals surface area contributed by atoms with Gasteiger partial charge in [-0.2, -0.15) is 5.26 Å². The van der Waals surface area contributed by atoms with Crippen LogP contribution in [-0.2, 0) is 0 Å². The SMILES string of the molecule is N#Cc1c(N)sc2ccc(Cl)cc12. The highest BCUT2D eigenvalue weighted by atomic mass is 35.5. The molecule has 0 atom stereocenters. The maximum absolute atomic E-state index is 8.83. The Labute approximate surface area is 84.2 Å². The molecule has 0 aliphatic carbocycles. The van der Waals surface area contributed by atoms with Crippen LogP contribution in [0.3, 0.4) is 0 Å². The van der Waals surface area contributed by atoms with Crippen molar-refractivity contribution in [1.82, 2.24) is 0 Å². The molecule has 1 aromatic carbocycles. The highest BCUT2D eigenvalue weighted by Gasteiger charge is 2.08. The van der Waals surface area contributed by atoms with Crippen molar-refractivity contribution in [2.45, 2.75) is 0 Å². The number of nitriles is 1. The van der Waals surface area contributed by atoms with Crippen molar-refractivity contribution in [2.24, 2.45) is 0 Å². The first-order valence-corrected chi connectivity index (χ1v) is 4.79. The van der Waals surface area contributed by atoms with E-state index in [4.69, 9.17) is 22.6 Å². The molecule has 0 amide bonds. The summed E-state index contributed by atoms with van der Waals surface area (Å²) < 4.78 is 0.999. The molecule has 0 bridgehead atoms. The number of nitrogens with zero attached hydrogens (tertiary/aromatic N) is 1. The van der Waals surface area contributed by atoms with E-state index in [9.17, 15) is 0 Å². The lowest BCUT2D eigenvalue weighted by Gasteiger charge is -1.90. The van der Waals surface area contributed by atoms with Crippen molar-refractivity contribution in [1.29, 1.82) is 5.26 Å². The summed E-state index contributed by atoms with van der Waals surface area (Å²) in [6, 6.07) is 7.51. The van der Waals surface area contributed by atoms with E-state index < -0.39 is 0 Å². The molecular weight excluding hydrogens is 204 g/mol. The zero-order valence-electron chi connectivity index (χ0n) is 6.54. The van der Waals surface area contributed by atoms with E-state index in [2.05, 4.69) is 6.07 Å². The summed E-state index contributed by atoms with van der Waals surface area (Å²) in [5, 5.41) is 10.9. The summed E-state index contributed by atoms with van der Waals surface area (Å²) in [6.07, 6.45) is 0. The second-order valence-corrected chi connectivity index (χ2v) is 4.11. The highest BCUT2D eigenvalue weighted by Crippen LogP contribution is 2.34. The van der Waals surface area contributed by atoms with Crippen LogP contribution in [-0.4, -0.2) is 0 Å². The third kappa shape index (κ3) is 1.24. The quantitative estimate of drug-likeness (QED) is 0.724. The maximum Gasteiger partial charge on any atom is 0.105 e. The van der Waals surface area contributed by atoms with Crippen molar-refractivity contribution in [3.63, 3.8) is 0 Å². The number of halogens is 1. The fourth-order valence-corrected chi connectivity index (χ4v) is 2.28. The number of hydrogen-bond acceptors (Lipinski definition) is 3. The zero-order valence-corrected chi connectivity index (χ0v) is 8.12. The van der Waals surface area contributed by atoms with Gasteiger partial charge in [-0.15, -0.1) is 11.3 Å². The summed E-state index contributed by atoms with van der Waals surface area (Å²) in [7, 11) is 0. The Morgan fingerprint density at radius 3 is 2.92 bits per heavy atom. The van der Waals surface area contributed by atoms with E-state index >= 15 is 0 Å². The molecule has 0 aliphatic heterocycles. The van der Waals surface area contributed by atoms with Gasteiger partial charge in [-0.3, -0.25) is 0 Å². The lowest BCUT2D eigenvalue weighted by Crippen LogP contribution is -1.81. The first-order valence-electron chi connectivity index (χ1n) is 3.60. The van der Waals surface area contributed by atoms with Crippen LogP contribution >= 0.6 is 22.9 Å². The van der Waals surface area contributed by atoms with Crippen LogP contribution in [0.2, 0.25) is 5.02 Å². The van der Waals surface area contributed by atoms with Crippen molar-refractivity contribution in [2.75, 3.05) is 5.73 Å². The van der Waals surface area contributed by atoms with E-state index in [0.717, 1.165) is 10.1 Å². The lowest BCUT2D eigenvalue weighted by atomic mass is 10.2. The zero-order chi connectivity index (χ0) is 9.42. The van der Waals surface area contributed by atoms with Crippen LogP contribution in [0.5, 0.6) is 0 Å². The number of rotatable bonds is 0. The van der Waals surface area contributed by atoms with Gasteiger partial charge in [0.15, 0.2) is 0 Å². The van der Waals surface area contributed by atoms with Crippen molar-refractivity contribution >= 4 is 38.0 Å². The molecule has 2 aromatic rings. The van der Waals surface area contributed by atoms with Gasteiger partial charge in [-0.1, -0.05) is 11.6 Å². The maximum atomic E-state index is 8.83. The Morgan fingerprint density at radius 2 is 2.23 bits per heavy atom. The molecule has 0 fully saturated rings. The molecule has 0 saturated heterocycles.